The molecule has 0 aromatic carbocycles. The van der Waals surface area contributed by atoms with Gasteiger partial charge in [-0.1, -0.05) is 20.8 Å². The van der Waals surface area contributed by atoms with Gasteiger partial charge >= 0.3 is 0 Å². The third-order valence-electron chi connectivity index (χ3n) is 3.15. The number of aromatic nitrogens is 1. The second-order valence-electron chi connectivity index (χ2n) is 5.67. The number of hydrogen-bond acceptors (Lipinski definition) is 3. The molecule has 1 unspecified atom stereocenters. The van der Waals surface area contributed by atoms with Crippen LogP contribution in [0.2, 0.25) is 0 Å². The Balaban J connectivity index is 2.62. The smallest absolute Gasteiger partial charge is 0.255 e. The molecule has 1 rings (SSSR count). The molecule has 2 N–H and O–H groups in total. The average molecular weight is 277 g/mol. The fourth-order valence-electron chi connectivity index (χ4n) is 1.93. The molecule has 0 spiro atoms. The Kier molecular flexibility index (Phi) is 7.05. The third kappa shape index (κ3) is 5.59. The van der Waals surface area contributed by atoms with Crippen molar-refractivity contribution in [3.63, 3.8) is 0 Å². The maximum atomic E-state index is 12.3. The van der Waals surface area contributed by atoms with Crippen LogP contribution in [0.25, 0.3) is 0 Å². The summed E-state index contributed by atoms with van der Waals surface area (Å²) in [5, 5.41) is 6.24. The van der Waals surface area contributed by atoms with Gasteiger partial charge in [-0.25, -0.2) is 4.98 Å². The summed E-state index contributed by atoms with van der Waals surface area (Å²) >= 11 is 0. The summed E-state index contributed by atoms with van der Waals surface area (Å²) < 4.78 is 0. The number of rotatable bonds is 8. The van der Waals surface area contributed by atoms with Crippen molar-refractivity contribution < 1.29 is 4.79 Å². The molecule has 1 heterocycles. The van der Waals surface area contributed by atoms with Gasteiger partial charge in [-0.3, -0.25) is 4.79 Å². The van der Waals surface area contributed by atoms with Gasteiger partial charge in [-0.05, 0) is 44.2 Å². The molecular weight excluding hydrogens is 250 g/mol. The lowest BCUT2D eigenvalue weighted by Crippen LogP contribution is -2.33. The zero-order valence-electron chi connectivity index (χ0n) is 13.1. The number of hydrogen-bond donors (Lipinski definition) is 2. The molecule has 1 amide bonds. The van der Waals surface area contributed by atoms with Gasteiger partial charge in [0.15, 0.2) is 0 Å². The molecule has 1 aromatic heterocycles. The minimum Gasteiger partial charge on any atom is -0.369 e. The first-order valence-corrected chi connectivity index (χ1v) is 7.54. The first-order chi connectivity index (χ1) is 9.54. The van der Waals surface area contributed by atoms with Crippen LogP contribution in [0.15, 0.2) is 18.3 Å². The number of amides is 1. The molecule has 1 atom stereocenters. The molecule has 0 radical (unpaired) electrons. The van der Waals surface area contributed by atoms with Crippen molar-refractivity contribution in [1.29, 1.82) is 0 Å². The fourth-order valence-corrected chi connectivity index (χ4v) is 1.93. The Bertz CT molecular complexity index is 418. The molecule has 112 valence electrons. The quantitative estimate of drug-likeness (QED) is 0.765. The SMILES string of the molecule is CCCNc1ncccc1C(=O)NC(C)CCC(C)C. The van der Waals surface area contributed by atoms with Crippen LogP contribution in [-0.4, -0.2) is 23.5 Å². The van der Waals surface area contributed by atoms with Crippen molar-refractivity contribution in [2.45, 2.75) is 53.0 Å². The van der Waals surface area contributed by atoms with Crippen LogP contribution in [-0.2, 0) is 0 Å². The number of carbonyl (C=O) groups is 1. The summed E-state index contributed by atoms with van der Waals surface area (Å²) in [6, 6.07) is 3.80. The lowest BCUT2D eigenvalue weighted by atomic mass is 10.0. The average Bonchev–Trinajstić information content (AvgIpc) is 2.43. The molecular formula is C16H27N3O. The van der Waals surface area contributed by atoms with Gasteiger partial charge in [0.1, 0.15) is 5.82 Å². The van der Waals surface area contributed by atoms with Gasteiger partial charge in [0.05, 0.1) is 5.56 Å². The van der Waals surface area contributed by atoms with Crippen molar-refractivity contribution in [3.8, 4) is 0 Å². The van der Waals surface area contributed by atoms with E-state index in [2.05, 4.69) is 43.3 Å². The Hall–Kier alpha value is -1.58. The first-order valence-electron chi connectivity index (χ1n) is 7.54. The van der Waals surface area contributed by atoms with Crippen molar-refractivity contribution in [2.24, 2.45) is 5.92 Å². The van der Waals surface area contributed by atoms with Crippen molar-refractivity contribution >= 4 is 11.7 Å². The van der Waals surface area contributed by atoms with Crippen LogP contribution < -0.4 is 10.6 Å². The number of pyridine rings is 1. The standard InChI is InChI=1S/C16H27N3O/c1-5-10-17-15-14(7-6-11-18-15)16(20)19-13(4)9-8-12(2)3/h6-7,11-13H,5,8-10H2,1-4H3,(H,17,18)(H,19,20). The molecule has 4 nitrogen and oxygen atoms in total. The highest BCUT2D eigenvalue weighted by molar-refractivity contribution is 5.98. The van der Waals surface area contributed by atoms with E-state index >= 15 is 0 Å². The Morgan fingerprint density at radius 2 is 2.05 bits per heavy atom. The second kappa shape index (κ2) is 8.56. The molecule has 0 bridgehead atoms. The van der Waals surface area contributed by atoms with Crippen LogP contribution in [0.1, 0.15) is 57.3 Å². The van der Waals surface area contributed by atoms with E-state index in [1.165, 1.54) is 0 Å². The minimum absolute atomic E-state index is 0.0482. The van der Waals surface area contributed by atoms with E-state index in [-0.39, 0.29) is 11.9 Å². The molecule has 0 aliphatic carbocycles. The van der Waals surface area contributed by atoms with Crippen molar-refractivity contribution in [3.05, 3.63) is 23.9 Å². The normalized spacial score (nSPS) is 12.2. The van der Waals surface area contributed by atoms with Gasteiger partial charge in [0, 0.05) is 18.8 Å². The second-order valence-corrected chi connectivity index (χ2v) is 5.67. The molecule has 0 aliphatic heterocycles. The fraction of sp³-hybridized carbons (Fsp3) is 0.625. The van der Waals surface area contributed by atoms with E-state index in [0.717, 1.165) is 25.8 Å². The zero-order chi connectivity index (χ0) is 15.0. The molecule has 20 heavy (non-hydrogen) atoms. The Morgan fingerprint density at radius 1 is 1.30 bits per heavy atom. The number of anilines is 1. The predicted molar refractivity (Wildman–Crippen MR) is 84.0 cm³/mol. The van der Waals surface area contributed by atoms with Gasteiger partial charge < -0.3 is 10.6 Å². The van der Waals surface area contributed by atoms with Crippen molar-refractivity contribution in [1.82, 2.24) is 10.3 Å². The summed E-state index contributed by atoms with van der Waals surface area (Å²) in [5.74, 6) is 1.28. The van der Waals surface area contributed by atoms with Crippen molar-refractivity contribution in [2.75, 3.05) is 11.9 Å². The van der Waals surface area contributed by atoms with Crippen LogP contribution in [0.3, 0.4) is 0 Å². The number of nitrogens with one attached hydrogen (secondary N) is 2. The van der Waals surface area contributed by atoms with E-state index in [1.54, 1.807) is 12.3 Å². The highest BCUT2D eigenvalue weighted by Crippen LogP contribution is 2.13. The first kappa shape index (κ1) is 16.5. The lowest BCUT2D eigenvalue weighted by molar-refractivity contribution is 0.0937. The van der Waals surface area contributed by atoms with E-state index in [9.17, 15) is 4.79 Å². The Morgan fingerprint density at radius 3 is 2.70 bits per heavy atom. The number of carbonyl (C=O) groups excluding carboxylic acids is 1. The minimum atomic E-state index is -0.0482. The summed E-state index contributed by atoms with van der Waals surface area (Å²) in [4.78, 5) is 16.5. The van der Waals surface area contributed by atoms with Gasteiger partial charge in [-0.2, -0.15) is 0 Å². The van der Waals surface area contributed by atoms with E-state index in [0.29, 0.717) is 17.3 Å². The maximum Gasteiger partial charge on any atom is 0.255 e. The highest BCUT2D eigenvalue weighted by atomic mass is 16.1. The topological polar surface area (TPSA) is 54.0 Å². The summed E-state index contributed by atoms with van der Waals surface area (Å²) in [6.45, 7) is 9.35. The maximum absolute atomic E-state index is 12.3. The van der Waals surface area contributed by atoms with Crippen LogP contribution in [0, 0.1) is 5.92 Å². The van der Waals surface area contributed by atoms with E-state index in [4.69, 9.17) is 0 Å². The summed E-state index contributed by atoms with van der Waals surface area (Å²) in [5.41, 5.74) is 0.623. The monoisotopic (exact) mass is 277 g/mol. The molecule has 0 saturated carbocycles. The van der Waals surface area contributed by atoms with Crippen LogP contribution in [0.4, 0.5) is 5.82 Å². The van der Waals surface area contributed by atoms with Gasteiger partial charge in [0.25, 0.3) is 5.91 Å². The van der Waals surface area contributed by atoms with E-state index in [1.807, 2.05) is 6.07 Å². The molecule has 0 aliphatic rings. The molecule has 4 heteroatoms. The zero-order valence-corrected chi connectivity index (χ0v) is 13.1. The largest absolute Gasteiger partial charge is 0.369 e. The summed E-state index contributed by atoms with van der Waals surface area (Å²) in [6.07, 6.45) is 4.83. The van der Waals surface area contributed by atoms with Crippen LogP contribution in [0.5, 0.6) is 0 Å². The van der Waals surface area contributed by atoms with Gasteiger partial charge in [-0.15, -0.1) is 0 Å². The van der Waals surface area contributed by atoms with Gasteiger partial charge in [0.2, 0.25) is 0 Å². The predicted octanol–water partition coefficient (Wildman–Crippen LogP) is 3.46. The molecule has 1 aromatic rings. The van der Waals surface area contributed by atoms with Crippen LogP contribution >= 0.6 is 0 Å². The number of nitrogens with zero attached hydrogens (tertiary/aromatic N) is 1. The summed E-state index contributed by atoms with van der Waals surface area (Å²) in [7, 11) is 0. The Labute approximate surface area is 122 Å². The van der Waals surface area contributed by atoms with E-state index < -0.39 is 0 Å². The third-order valence-corrected chi connectivity index (χ3v) is 3.15. The molecule has 0 fully saturated rings. The lowest BCUT2D eigenvalue weighted by Gasteiger charge is -2.16. The highest BCUT2D eigenvalue weighted by Gasteiger charge is 2.14. The molecule has 0 saturated heterocycles.